The fourth-order valence-electron chi connectivity index (χ4n) is 4.91. The number of fused-ring (bicyclic) bond motifs is 2. The zero-order valence-electron chi connectivity index (χ0n) is 22.0. The van der Waals surface area contributed by atoms with E-state index in [2.05, 4.69) is 19.9 Å². The Labute approximate surface area is 223 Å². The van der Waals surface area contributed by atoms with Crippen LogP contribution in [-0.2, 0) is 31.0 Å². The first-order valence-electron chi connectivity index (χ1n) is 12.5. The van der Waals surface area contributed by atoms with E-state index >= 15 is 0 Å². The third-order valence-electron chi connectivity index (χ3n) is 6.78. The predicted molar refractivity (Wildman–Crippen MR) is 140 cm³/mol. The standard InChI is InChI=1S/C28H27F3N6O2/c1-16(2)25-34-20-14-37(13-12-18(20)24(35-25)28(29,30)31)21(38)11-10-19-22-26(32-15-33-27(22)39-4)36(3)23(19)17-8-6-5-7-9-17/h5-11,15-16H,12-14H2,1-4H3/b11-10+. The van der Waals surface area contributed by atoms with Crippen molar-refractivity contribution in [3.63, 3.8) is 0 Å². The molecule has 0 saturated carbocycles. The number of methoxy groups -OCH3 is 1. The van der Waals surface area contributed by atoms with Crippen LogP contribution in [0.5, 0.6) is 5.88 Å². The molecule has 0 unspecified atom stereocenters. The van der Waals surface area contributed by atoms with E-state index < -0.39 is 11.9 Å². The fourth-order valence-corrected chi connectivity index (χ4v) is 4.91. The minimum Gasteiger partial charge on any atom is -0.480 e. The van der Waals surface area contributed by atoms with Crippen LogP contribution in [0.1, 0.15) is 48.1 Å². The Morgan fingerprint density at radius 3 is 2.54 bits per heavy atom. The number of hydrogen-bond acceptors (Lipinski definition) is 6. The van der Waals surface area contributed by atoms with Gasteiger partial charge in [0, 0.05) is 36.7 Å². The summed E-state index contributed by atoms with van der Waals surface area (Å²) in [5.41, 5.74) is 2.46. The molecule has 0 fully saturated rings. The molecule has 0 N–H and O–H groups in total. The van der Waals surface area contributed by atoms with Crippen LogP contribution in [0, 0.1) is 0 Å². The maximum Gasteiger partial charge on any atom is 0.433 e. The lowest BCUT2D eigenvalue weighted by molar-refractivity contribution is -0.142. The van der Waals surface area contributed by atoms with Crippen LogP contribution in [0.2, 0.25) is 0 Å². The van der Waals surface area contributed by atoms with Gasteiger partial charge >= 0.3 is 6.18 Å². The summed E-state index contributed by atoms with van der Waals surface area (Å²) in [6, 6.07) is 9.67. The van der Waals surface area contributed by atoms with Gasteiger partial charge in [-0.05, 0) is 18.1 Å². The van der Waals surface area contributed by atoms with Crippen LogP contribution in [0.25, 0.3) is 28.4 Å². The Morgan fingerprint density at radius 2 is 1.87 bits per heavy atom. The first-order chi connectivity index (χ1) is 18.6. The van der Waals surface area contributed by atoms with E-state index in [1.165, 1.54) is 24.4 Å². The van der Waals surface area contributed by atoms with Crippen molar-refractivity contribution >= 4 is 23.0 Å². The SMILES string of the molecule is COc1ncnc2c1c(/C=C/C(=O)N1CCc3c(nc(C(C)C)nc3C(F)(F)F)C1)c(-c1ccccc1)n2C. The Morgan fingerprint density at radius 1 is 1.13 bits per heavy atom. The second-order valence-electron chi connectivity index (χ2n) is 9.62. The van der Waals surface area contributed by atoms with Gasteiger partial charge in [-0.15, -0.1) is 0 Å². The largest absolute Gasteiger partial charge is 0.480 e. The summed E-state index contributed by atoms with van der Waals surface area (Å²) in [4.78, 5) is 31.7. The molecule has 4 aromatic rings. The van der Waals surface area contributed by atoms with Crippen molar-refractivity contribution in [2.24, 2.45) is 7.05 Å². The molecule has 1 aliphatic rings. The summed E-state index contributed by atoms with van der Waals surface area (Å²) < 4.78 is 48.7. The zero-order chi connectivity index (χ0) is 27.9. The number of benzene rings is 1. The Bertz CT molecular complexity index is 1580. The van der Waals surface area contributed by atoms with Gasteiger partial charge in [-0.3, -0.25) is 4.79 Å². The van der Waals surface area contributed by atoms with E-state index in [0.717, 1.165) is 11.3 Å². The summed E-state index contributed by atoms with van der Waals surface area (Å²) in [6.07, 6.45) is -0.0371. The normalized spacial score (nSPS) is 13.9. The van der Waals surface area contributed by atoms with Gasteiger partial charge in [0.15, 0.2) is 5.69 Å². The summed E-state index contributed by atoms with van der Waals surface area (Å²) in [5, 5.41) is 0.651. The minimum absolute atomic E-state index is 0.0212. The van der Waals surface area contributed by atoms with Gasteiger partial charge in [-0.1, -0.05) is 44.2 Å². The van der Waals surface area contributed by atoms with Crippen LogP contribution < -0.4 is 4.74 Å². The molecule has 4 heterocycles. The fraction of sp³-hybridized carbons (Fsp3) is 0.321. The van der Waals surface area contributed by atoms with E-state index in [1.807, 2.05) is 41.9 Å². The lowest BCUT2D eigenvalue weighted by Crippen LogP contribution is -2.37. The van der Waals surface area contributed by atoms with Crippen LogP contribution in [0.3, 0.4) is 0 Å². The van der Waals surface area contributed by atoms with Crippen molar-refractivity contribution < 1.29 is 22.7 Å². The molecule has 8 nitrogen and oxygen atoms in total. The highest BCUT2D eigenvalue weighted by Crippen LogP contribution is 2.37. The second kappa shape index (κ2) is 10.1. The van der Waals surface area contributed by atoms with E-state index in [-0.39, 0.29) is 48.4 Å². The molecule has 0 aliphatic carbocycles. The number of alkyl halides is 3. The lowest BCUT2D eigenvalue weighted by Gasteiger charge is -2.29. The Balaban J connectivity index is 1.53. The van der Waals surface area contributed by atoms with Crippen molar-refractivity contribution in [1.29, 1.82) is 0 Å². The number of carbonyl (C=O) groups excluding carboxylic acids is 1. The van der Waals surface area contributed by atoms with Crippen molar-refractivity contribution in [1.82, 2.24) is 29.4 Å². The van der Waals surface area contributed by atoms with Crippen molar-refractivity contribution in [3.8, 4) is 17.1 Å². The van der Waals surface area contributed by atoms with Gasteiger partial charge < -0.3 is 14.2 Å². The van der Waals surface area contributed by atoms with Gasteiger partial charge in [0.1, 0.15) is 17.8 Å². The second-order valence-corrected chi connectivity index (χ2v) is 9.62. The van der Waals surface area contributed by atoms with Gasteiger partial charge in [0.25, 0.3) is 0 Å². The number of hydrogen-bond donors (Lipinski definition) is 0. The monoisotopic (exact) mass is 536 g/mol. The average molecular weight is 537 g/mol. The number of halogens is 3. The van der Waals surface area contributed by atoms with Crippen LogP contribution >= 0.6 is 0 Å². The van der Waals surface area contributed by atoms with E-state index in [4.69, 9.17) is 4.74 Å². The summed E-state index contributed by atoms with van der Waals surface area (Å²) in [5.74, 6) is -0.149. The number of carbonyl (C=O) groups is 1. The highest BCUT2D eigenvalue weighted by molar-refractivity contribution is 6.02. The van der Waals surface area contributed by atoms with Crippen LogP contribution in [0.15, 0.2) is 42.7 Å². The van der Waals surface area contributed by atoms with Crippen LogP contribution in [0.4, 0.5) is 13.2 Å². The predicted octanol–water partition coefficient (Wildman–Crippen LogP) is 5.17. The van der Waals surface area contributed by atoms with E-state index in [1.54, 1.807) is 19.9 Å². The minimum atomic E-state index is -4.59. The molecule has 0 radical (unpaired) electrons. The van der Waals surface area contributed by atoms with Gasteiger partial charge in [-0.25, -0.2) is 19.9 Å². The number of aromatic nitrogens is 5. The molecule has 3 aromatic heterocycles. The highest BCUT2D eigenvalue weighted by Gasteiger charge is 2.39. The number of ether oxygens (including phenoxy) is 1. The summed E-state index contributed by atoms with van der Waals surface area (Å²) >= 11 is 0. The van der Waals surface area contributed by atoms with Crippen molar-refractivity contribution in [2.45, 2.75) is 38.9 Å². The maximum absolute atomic E-state index is 13.7. The average Bonchev–Trinajstić information content (AvgIpc) is 3.22. The van der Waals surface area contributed by atoms with Gasteiger partial charge in [0.2, 0.25) is 11.8 Å². The number of amides is 1. The molecule has 202 valence electrons. The first-order valence-corrected chi connectivity index (χ1v) is 12.5. The number of rotatable bonds is 5. The first kappa shape index (κ1) is 26.3. The third-order valence-corrected chi connectivity index (χ3v) is 6.78. The molecule has 1 amide bonds. The quantitative estimate of drug-likeness (QED) is 0.327. The Hall–Kier alpha value is -4.28. The molecule has 1 aromatic carbocycles. The van der Waals surface area contributed by atoms with Gasteiger partial charge in [-0.2, -0.15) is 13.2 Å². The molecule has 0 saturated heterocycles. The zero-order valence-corrected chi connectivity index (χ0v) is 22.0. The molecule has 1 aliphatic heterocycles. The third kappa shape index (κ3) is 4.84. The smallest absolute Gasteiger partial charge is 0.433 e. The molecule has 11 heteroatoms. The summed E-state index contributed by atoms with van der Waals surface area (Å²) in [6.45, 7) is 3.57. The topological polar surface area (TPSA) is 86.0 Å². The molecule has 0 bridgehead atoms. The molecule has 5 rings (SSSR count). The van der Waals surface area contributed by atoms with Crippen molar-refractivity contribution in [2.75, 3.05) is 13.7 Å². The lowest BCUT2D eigenvalue weighted by atomic mass is 10.0. The highest BCUT2D eigenvalue weighted by atomic mass is 19.4. The van der Waals surface area contributed by atoms with Crippen molar-refractivity contribution in [3.05, 3.63) is 71.1 Å². The molecular formula is C28H27F3N6O2. The molecule has 0 atom stereocenters. The van der Waals surface area contributed by atoms with Gasteiger partial charge in [0.05, 0.1) is 30.4 Å². The number of aryl methyl sites for hydroxylation is 1. The Kier molecular flexibility index (Phi) is 6.83. The molecular weight excluding hydrogens is 509 g/mol. The van der Waals surface area contributed by atoms with E-state index in [0.29, 0.717) is 22.5 Å². The molecule has 0 spiro atoms. The summed E-state index contributed by atoms with van der Waals surface area (Å²) in [7, 11) is 3.39. The number of nitrogens with zero attached hydrogens (tertiary/aromatic N) is 6. The molecule has 39 heavy (non-hydrogen) atoms. The van der Waals surface area contributed by atoms with Crippen LogP contribution in [-0.4, -0.2) is 49.0 Å². The maximum atomic E-state index is 13.7. The van der Waals surface area contributed by atoms with E-state index in [9.17, 15) is 18.0 Å².